The number of carbonyl (C=O) groups excluding carboxylic acids is 1. The molecule has 1 atom stereocenters. The van der Waals surface area contributed by atoms with E-state index < -0.39 is 0 Å². The fourth-order valence-corrected chi connectivity index (χ4v) is 4.34. The van der Waals surface area contributed by atoms with Crippen molar-refractivity contribution < 1.29 is 4.79 Å². The number of hydrogen-bond donors (Lipinski definition) is 0. The molecule has 2 fully saturated rings. The Morgan fingerprint density at radius 1 is 0.947 bits per heavy atom. The highest BCUT2D eigenvalue weighted by Crippen LogP contribution is 2.41. The second kappa shape index (κ2) is 7.87. The maximum absolute atomic E-state index is 11.5. The minimum absolute atomic E-state index is 0.376. The summed E-state index contributed by atoms with van der Waals surface area (Å²) in [6, 6.07) is 0. The van der Waals surface area contributed by atoms with Crippen LogP contribution in [0.15, 0.2) is 12.7 Å². The zero-order valence-corrected chi connectivity index (χ0v) is 12.4. The van der Waals surface area contributed by atoms with Gasteiger partial charge in [0.15, 0.2) is 0 Å². The summed E-state index contributed by atoms with van der Waals surface area (Å²) < 4.78 is 0. The highest BCUT2D eigenvalue weighted by molar-refractivity contribution is 5.54. The molecular weight excluding hydrogens is 232 g/mol. The normalized spacial score (nSPS) is 30.7. The van der Waals surface area contributed by atoms with Crippen LogP contribution < -0.4 is 0 Å². The van der Waals surface area contributed by atoms with Crippen molar-refractivity contribution in [3.05, 3.63) is 12.7 Å². The van der Waals surface area contributed by atoms with Crippen LogP contribution in [0.5, 0.6) is 0 Å². The van der Waals surface area contributed by atoms with Gasteiger partial charge in [0.1, 0.15) is 6.29 Å². The highest BCUT2D eigenvalue weighted by atomic mass is 16.1. The number of rotatable bonds is 6. The van der Waals surface area contributed by atoms with Crippen LogP contribution in [0.2, 0.25) is 0 Å². The molecule has 2 aliphatic carbocycles. The lowest BCUT2D eigenvalue weighted by Gasteiger charge is -2.36. The van der Waals surface area contributed by atoms with Crippen LogP contribution in [-0.2, 0) is 4.79 Å². The van der Waals surface area contributed by atoms with Crippen molar-refractivity contribution in [1.29, 1.82) is 0 Å². The SMILES string of the molecule is C=CCCC1CCC(C(C=O)C2CCCCC2)CC1. The summed E-state index contributed by atoms with van der Waals surface area (Å²) >= 11 is 0. The lowest BCUT2D eigenvalue weighted by Crippen LogP contribution is -2.30. The largest absolute Gasteiger partial charge is 0.303 e. The summed E-state index contributed by atoms with van der Waals surface area (Å²) in [5, 5.41) is 0. The van der Waals surface area contributed by atoms with Gasteiger partial charge >= 0.3 is 0 Å². The lowest BCUT2D eigenvalue weighted by atomic mass is 9.68. The van der Waals surface area contributed by atoms with Gasteiger partial charge in [-0.25, -0.2) is 0 Å². The topological polar surface area (TPSA) is 17.1 Å². The van der Waals surface area contributed by atoms with E-state index >= 15 is 0 Å². The second-order valence-electron chi connectivity index (χ2n) is 6.76. The van der Waals surface area contributed by atoms with E-state index in [2.05, 4.69) is 6.58 Å². The minimum Gasteiger partial charge on any atom is -0.303 e. The summed E-state index contributed by atoms with van der Waals surface area (Å²) in [7, 11) is 0. The fourth-order valence-electron chi connectivity index (χ4n) is 4.34. The molecule has 0 amide bonds. The smallest absolute Gasteiger partial charge is 0.123 e. The predicted octanol–water partition coefficient (Wildman–Crippen LogP) is 5.15. The van der Waals surface area contributed by atoms with E-state index in [1.54, 1.807) is 0 Å². The van der Waals surface area contributed by atoms with Crippen molar-refractivity contribution in [3.8, 4) is 0 Å². The fraction of sp³-hybridized carbons (Fsp3) is 0.833. The van der Waals surface area contributed by atoms with E-state index in [4.69, 9.17) is 0 Å². The van der Waals surface area contributed by atoms with Gasteiger partial charge in [-0.2, -0.15) is 0 Å². The van der Waals surface area contributed by atoms with Crippen molar-refractivity contribution >= 4 is 6.29 Å². The van der Waals surface area contributed by atoms with Crippen LogP contribution in [0.25, 0.3) is 0 Å². The molecule has 2 saturated carbocycles. The van der Waals surface area contributed by atoms with Gasteiger partial charge in [-0.1, -0.05) is 38.2 Å². The Balaban J connectivity index is 1.80. The minimum atomic E-state index is 0.376. The summed E-state index contributed by atoms with van der Waals surface area (Å²) in [6.45, 7) is 3.82. The van der Waals surface area contributed by atoms with Gasteiger partial charge < -0.3 is 4.79 Å². The molecule has 0 bridgehead atoms. The first-order valence-electron chi connectivity index (χ1n) is 8.41. The molecule has 2 aliphatic rings. The Morgan fingerprint density at radius 3 is 2.16 bits per heavy atom. The Labute approximate surface area is 118 Å². The Kier molecular flexibility index (Phi) is 6.13. The molecule has 0 aromatic heterocycles. The van der Waals surface area contributed by atoms with Crippen molar-refractivity contribution in [2.45, 2.75) is 70.6 Å². The molecule has 0 aromatic carbocycles. The van der Waals surface area contributed by atoms with Crippen molar-refractivity contribution in [2.75, 3.05) is 0 Å². The summed E-state index contributed by atoms with van der Waals surface area (Å²) in [4.78, 5) is 11.5. The molecular formula is C18H30O. The maximum atomic E-state index is 11.5. The third kappa shape index (κ3) is 4.19. The molecule has 0 radical (unpaired) electrons. The summed E-state index contributed by atoms with van der Waals surface area (Å²) in [5.41, 5.74) is 0. The van der Waals surface area contributed by atoms with Crippen LogP contribution in [0, 0.1) is 23.7 Å². The van der Waals surface area contributed by atoms with E-state index in [9.17, 15) is 4.79 Å². The third-order valence-corrected chi connectivity index (χ3v) is 5.57. The van der Waals surface area contributed by atoms with Crippen LogP contribution in [0.3, 0.4) is 0 Å². The number of carbonyl (C=O) groups is 1. The molecule has 0 saturated heterocycles. The molecule has 0 spiro atoms. The molecule has 1 heteroatoms. The monoisotopic (exact) mass is 262 g/mol. The molecule has 2 rings (SSSR count). The average molecular weight is 262 g/mol. The van der Waals surface area contributed by atoms with Crippen LogP contribution >= 0.6 is 0 Å². The van der Waals surface area contributed by atoms with Crippen LogP contribution in [0.4, 0.5) is 0 Å². The Hall–Kier alpha value is -0.590. The van der Waals surface area contributed by atoms with E-state index in [0.717, 1.165) is 12.3 Å². The highest BCUT2D eigenvalue weighted by Gasteiger charge is 2.32. The zero-order chi connectivity index (χ0) is 13.5. The standard InChI is InChI=1S/C18H30O/c1-2-3-7-15-10-12-17(13-11-15)18(14-19)16-8-5-4-6-9-16/h2,14-18H,1,3-13H2. The van der Waals surface area contributed by atoms with Gasteiger partial charge in [0, 0.05) is 5.92 Å². The van der Waals surface area contributed by atoms with Gasteiger partial charge in [-0.05, 0) is 56.3 Å². The van der Waals surface area contributed by atoms with Gasteiger partial charge in [0.05, 0.1) is 0 Å². The molecule has 1 unspecified atom stereocenters. The number of aldehydes is 1. The van der Waals surface area contributed by atoms with E-state index in [0.29, 0.717) is 17.8 Å². The maximum Gasteiger partial charge on any atom is 0.123 e. The van der Waals surface area contributed by atoms with Crippen molar-refractivity contribution in [3.63, 3.8) is 0 Å². The van der Waals surface area contributed by atoms with Gasteiger partial charge in [0.25, 0.3) is 0 Å². The first-order valence-corrected chi connectivity index (χ1v) is 8.41. The average Bonchev–Trinajstić information content (AvgIpc) is 2.48. The lowest BCUT2D eigenvalue weighted by molar-refractivity contribution is -0.115. The zero-order valence-electron chi connectivity index (χ0n) is 12.4. The molecule has 0 N–H and O–H groups in total. The Bertz CT molecular complexity index is 269. The van der Waals surface area contributed by atoms with Crippen LogP contribution in [0.1, 0.15) is 70.6 Å². The predicted molar refractivity (Wildman–Crippen MR) is 81.0 cm³/mol. The Morgan fingerprint density at radius 2 is 1.58 bits per heavy atom. The first kappa shape index (κ1) is 14.8. The van der Waals surface area contributed by atoms with Crippen molar-refractivity contribution in [2.24, 2.45) is 23.7 Å². The molecule has 19 heavy (non-hydrogen) atoms. The van der Waals surface area contributed by atoms with Gasteiger partial charge in [0.2, 0.25) is 0 Å². The van der Waals surface area contributed by atoms with E-state index in [1.807, 2.05) is 6.08 Å². The van der Waals surface area contributed by atoms with Gasteiger partial charge in [-0.15, -0.1) is 6.58 Å². The van der Waals surface area contributed by atoms with E-state index in [1.165, 1.54) is 70.5 Å². The summed E-state index contributed by atoms with van der Waals surface area (Å²) in [5.74, 6) is 2.68. The number of allylic oxidation sites excluding steroid dienone is 1. The first-order chi connectivity index (χ1) is 9.35. The second-order valence-corrected chi connectivity index (χ2v) is 6.76. The molecule has 108 valence electrons. The molecule has 0 aromatic rings. The number of hydrogen-bond acceptors (Lipinski definition) is 1. The third-order valence-electron chi connectivity index (χ3n) is 5.57. The van der Waals surface area contributed by atoms with Crippen LogP contribution in [-0.4, -0.2) is 6.29 Å². The molecule has 0 heterocycles. The van der Waals surface area contributed by atoms with Gasteiger partial charge in [-0.3, -0.25) is 0 Å². The summed E-state index contributed by atoms with van der Waals surface area (Å²) in [6.07, 6.45) is 17.8. The van der Waals surface area contributed by atoms with Crippen molar-refractivity contribution in [1.82, 2.24) is 0 Å². The quantitative estimate of drug-likeness (QED) is 0.477. The molecule has 1 nitrogen and oxygen atoms in total. The molecule has 0 aliphatic heterocycles. The van der Waals surface area contributed by atoms with E-state index in [-0.39, 0.29) is 0 Å².